The Labute approximate surface area is 86.4 Å². The van der Waals surface area contributed by atoms with Gasteiger partial charge in [-0.1, -0.05) is 19.8 Å². The van der Waals surface area contributed by atoms with Gasteiger partial charge in [0, 0.05) is 13.0 Å². The summed E-state index contributed by atoms with van der Waals surface area (Å²) < 4.78 is 0. The van der Waals surface area contributed by atoms with E-state index in [1.807, 2.05) is 18.7 Å². The average Bonchev–Trinajstić information content (AvgIpc) is 2.16. The van der Waals surface area contributed by atoms with Crippen molar-refractivity contribution >= 4 is 17.6 Å². The molecule has 0 heterocycles. The summed E-state index contributed by atoms with van der Waals surface area (Å²) in [5, 5.41) is 0. The number of nitrogens with two attached hydrogens (primary N) is 1. The number of rotatable bonds is 8. The molecular formula is C10H22N2S. The van der Waals surface area contributed by atoms with E-state index in [2.05, 4.69) is 11.2 Å². The van der Waals surface area contributed by atoms with Gasteiger partial charge in [-0.3, -0.25) is 4.99 Å². The van der Waals surface area contributed by atoms with E-state index in [0.717, 1.165) is 18.8 Å². The van der Waals surface area contributed by atoms with Crippen LogP contribution in [0.2, 0.25) is 0 Å². The highest BCUT2D eigenvalue weighted by Crippen LogP contribution is 2.04. The topological polar surface area (TPSA) is 38.4 Å². The summed E-state index contributed by atoms with van der Waals surface area (Å²) in [5.41, 5.74) is 5.58. The molecule has 0 bridgehead atoms. The summed E-state index contributed by atoms with van der Waals surface area (Å²) in [5.74, 6) is 2.09. The first-order valence-electron chi connectivity index (χ1n) is 5.09. The van der Waals surface area contributed by atoms with Crippen molar-refractivity contribution in [2.45, 2.75) is 39.0 Å². The van der Waals surface area contributed by atoms with Gasteiger partial charge in [-0.05, 0) is 24.9 Å². The van der Waals surface area contributed by atoms with Gasteiger partial charge in [0.2, 0.25) is 0 Å². The number of thioether (sulfide) groups is 1. The zero-order valence-corrected chi connectivity index (χ0v) is 9.70. The lowest BCUT2D eigenvalue weighted by atomic mass is 10.2. The van der Waals surface area contributed by atoms with E-state index >= 15 is 0 Å². The molecule has 0 aromatic heterocycles. The molecule has 2 nitrogen and oxygen atoms in total. The van der Waals surface area contributed by atoms with E-state index in [0.29, 0.717) is 0 Å². The molecule has 0 aliphatic heterocycles. The summed E-state index contributed by atoms with van der Waals surface area (Å²) in [6.45, 7) is 2.95. The maximum atomic E-state index is 5.58. The van der Waals surface area contributed by atoms with E-state index in [-0.39, 0.29) is 0 Å². The summed E-state index contributed by atoms with van der Waals surface area (Å²) in [6.07, 6.45) is 8.20. The molecule has 78 valence electrons. The second-order valence-electron chi connectivity index (χ2n) is 3.13. The predicted octanol–water partition coefficient (Wildman–Crippen LogP) is 2.68. The fourth-order valence-corrected chi connectivity index (χ4v) is 1.54. The molecule has 0 aromatic carbocycles. The van der Waals surface area contributed by atoms with Gasteiger partial charge in [0.15, 0.2) is 0 Å². The summed E-state index contributed by atoms with van der Waals surface area (Å²) in [6, 6.07) is 0. The van der Waals surface area contributed by atoms with E-state index in [4.69, 9.17) is 5.73 Å². The summed E-state index contributed by atoms with van der Waals surface area (Å²) in [4.78, 5) is 4.25. The Kier molecular flexibility index (Phi) is 9.77. The van der Waals surface area contributed by atoms with Gasteiger partial charge in [-0.25, -0.2) is 0 Å². The largest absolute Gasteiger partial charge is 0.387 e. The van der Waals surface area contributed by atoms with Crippen LogP contribution >= 0.6 is 11.8 Å². The van der Waals surface area contributed by atoms with Crippen LogP contribution in [0, 0.1) is 0 Å². The van der Waals surface area contributed by atoms with Crippen molar-refractivity contribution < 1.29 is 0 Å². The zero-order chi connectivity index (χ0) is 9.94. The number of hydrogen-bond acceptors (Lipinski definition) is 2. The first-order chi connectivity index (χ1) is 6.31. The highest BCUT2D eigenvalue weighted by Gasteiger charge is 1.89. The smallest absolute Gasteiger partial charge is 0.0934 e. The standard InChI is InChI=1S/C10H22N2S/c1-3-10(11)12-8-6-4-5-7-9-13-2/h3-9H2,1-2H3,(H2,11,12). The fraction of sp³-hybridized carbons (Fsp3) is 0.900. The monoisotopic (exact) mass is 202 g/mol. The molecule has 0 saturated heterocycles. The van der Waals surface area contributed by atoms with Crippen LogP contribution in [0.5, 0.6) is 0 Å². The van der Waals surface area contributed by atoms with Crippen molar-refractivity contribution in [3.63, 3.8) is 0 Å². The third-order valence-electron chi connectivity index (χ3n) is 1.93. The van der Waals surface area contributed by atoms with E-state index in [1.54, 1.807) is 0 Å². The maximum Gasteiger partial charge on any atom is 0.0934 e. The second kappa shape index (κ2) is 9.90. The lowest BCUT2D eigenvalue weighted by Crippen LogP contribution is -2.10. The fourth-order valence-electron chi connectivity index (χ4n) is 1.05. The number of amidine groups is 1. The lowest BCUT2D eigenvalue weighted by Gasteiger charge is -1.98. The minimum absolute atomic E-state index is 0.795. The Morgan fingerprint density at radius 3 is 2.54 bits per heavy atom. The molecule has 0 rings (SSSR count). The number of hydrogen-bond donors (Lipinski definition) is 1. The minimum atomic E-state index is 0.795. The van der Waals surface area contributed by atoms with Crippen LogP contribution in [0.4, 0.5) is 0 Å². The molecule has 0 aliphatic carbocycles. The van der Waals surface area contributed by atoms with Gasteiger partial charge in [0.1, 0.15) is 0 Å². The molecule has 0 unspecified atom stereocenters. The van der Waals surface area contributed by atoms with Gasteiger partial charge in [-0.15, -0.1) is 0 Å². The average molecular weight is 202 g/mol. The Morgan fingerprint density at radius 1 is 1.23 bits per heavy atom. The van der Waals surface area contributed by atoms with Crippen LogP contribution in [0.15, 0.2) is 4.99 Å². The Morgan fingerprint density at radius 2 is 1.92 bits per heavy atom. The van der Waals surface area contributed by atoms with Gasteiger partial charge >= 0.3 is 0 Å². The van der Waals surface area contributed by atoms with E-state index < -0.39 is 0 Å². The molecule has 0 fully saturated rings. The molecule has 3 heteroatoms. The minimum Gasteiger partial charge on any atom is -0.387 e. The van der Waals surface area contributed by atoms with Gasteiger partial charge in [-0.2, -0.15) is 11.8 Å². The molecule has 0 aromatic rings. The van der Waals surface area contributed by atoms with Crippen LogP contribution in [-0.4, -0.2) is 24.4 Å². The third-order valence-corrected chi connectivity index (χ3v) is 2.63. The molecule has 0 atom stereocenters. The molecule has 13 heavy (non-hydrogen) atoms. The van der Waals surface area contributed by atoms with Crippen molar-refractivity contribution in [1.29, 1.82) is 0 Å². The van der Waals surface area contributed by atoms with Crippen molar-refractivity contribution in [2.24, 2.45) is 10.7 Å². The Bertz CT molecular complexity index is 135. The highest BCUT2D eigenvalue weighted by molar-refractivity contribution is 7.98. The van der Waals surface area contributed by atoms with E-state index in [9.17, 15) is 0 Å². The van der Waals surface area contributed by atoms with Crippen LogP contribution in [0.1, 0.15) is 39.0 Å². The summed E-state index contributed by atoms with van der Waals surface area (Å²) in [7, 11) is 0. The highest BCUT2D eigenvalue weighted by atomic mass is 32.2. The van der Waals surface area contributed by atoms with Crippen molar-refractivity contribution in [2.75, 3.05) is 18.6 Å². The SMILES string of the molecule is CCC(N)=NCCCCCCSC. The van der Waals surface area contributed by atoms with Gasteiger partial charge < -0.3 is 5.73 Å². The zero-order valence-electron chi connectivity index (χ0n) is 8.88. The molecule has 0 saturated carbocycles. The van der Waals surface area contributed by atoms with Crippen LogP contribution < -0.4 is 5.73 Å². The van der Waals surface area contributed by atoms with Crippen LogP contribution in [-0.2, 0) is 0 Å². The number of unbranched alkanes of at least 4 members (excludes halogenated alkanes) is 3. The first kappa shape index (κ1) is 12.8. The molecule has 0 spiro atoms. The number of aliphatic imine (C=N–C) groups is 1. The van der Waals surface area contributed by atoms with E-state index in [1.165, 1.54) is 31.4 Å². The Hall–Kier alpha value is -0.180. The first-order valence-corrected chi connectivity index (χ1v) is 6.48. The molecular weight excluding hydrogens is 180 g/mol. The van der Waals surface area contributed by atoms with Crippen molar-refractivity contribution in [3.05, 3.63) is 0 Å². The molecule has 0 amide bonds. The van der Waals surface area contributed by atoms with Gasteiger partial charge in [0.05, 0.1) is 5.84 Å². The Balaban J connectivity index is 3.08. The molecule has 0 radical (unpaired) electrons. The third kappa shape index (κ3) is 9.74. The predicted molar refractivity (Wildman–Crippen MR) is 63.6 cm³/mol. The maximum absolute atomic E-state index is 5.58. The normalized spacial score (nSPS) is 12.0. The van der Waals surface area contributed by atoms with Crippen molar-refractivity contribution in [3.8, 4) is 0 Å². The second-order valence-corrected chi connectivity index (χ2v) is 4.12. The van der Waals surface area contributed by atoms with Gasteiger partial charge in [0.25, 0.3) is 0 Å². The lowest BCUT2D eigenvalue weighted by molar-refractivity contribution is 0.678. The molecule has 0 aliphatic rings. The van der Waals surface area contributed by atoms with Crippen molar-refractivity contribution in [1.82, 2.24) is 0 Å². The van der Waals surface area contributed by atoms with Crippen LogP contribution in [0.25, 0.3) is 0 Å². The number of nitrogens with zero attached hydrogens (tertiary/aromatic N) is 1. The quantitative estimate of drug-likeness (QED) is 0.373. The summed E-state index contributed by atoms with van der Waals surface area (Å²) >= 11 is 1.93. The molecule has 2 N–H and O–H groups in total. The van der Waals surface area contributed by atoms with Crippen LogP contribution in [0.3, 0.4) is 0 Å².